The lowest BCUT2D eigenvalue weighted by Crippen LogP contribution is -2.27. The van der Waals surface area contributed by atoms with Crippen LogP contribution in [0.25, 0.3) is 10.8 Å². The maximum absolute atomic E-state index is 12.0. The van der Waals surface area contributed by atoms with Crippen molar-refractivity contribution in [1.29, 1.82) is 0 Å². The molecule has 25 heavy (non-hydrogen) atoms. The summed E-state index contributed by atoms with van der Waals surface area (Å²) >= 11 is 3.27. The summed E-state index contributed by atoms with van der Waals surface area (Å²) in [6.07, 6.45) is 3.65. The molecule has 0 saturated carbocycles. The number of aromatic nitrogens is 3. The Balaban J connectivity index is 1.37. The minimum Gasteiger partial charge on any atom is -0.355 e. The van der Waals surface area contributed by atoms with Crippen LogP contribution in [-0.2, 0) is 17.0 Å². The van der Waals surface area contributed by atoms with Crippen molar-refractivity contribution in [3.63, 3.8) is 0 Å². The quantitative estimate of drug-likeness (QED) is 0.617. The highest BCUT2D eigenvalue weighted by atomic mass is 32.2. The fourth-order valence-electron chi connectivity index (χ4n) is 2.15. The van der Waals surface area contributed by atoms with Crippen LogP contribution in [0.2, 0.25) is 0 Å². The van der Waals surface area contributed by atoms with Gasteiger partial charge >= 0.3 is 0 Å². The number of amides is 1. The predicted octanol–water partition coefficient (Wildman–Crippen LogP) is 3.19. The Morgan fingerprint density at radius 3 is 2.72 bits per heavy atom. The third-order valence-electron chi connectivity index (χ3n) is 3.33. The molecule has 2 heterocycles. The van der Waals surface area contributed by atoms with Crippen LogP contribution in [0.15, 0.2) is 54.2 Å². The first kappa shape index (κ1) is 17.6. The Hall–Kier alpha value is -2.25. The molecule has 0 spiro atoms. The Morgan fingerprint density at radius 1 is 1.12 bits per heavy atom. The molecule has 3 aromatic rings. The molecular formula is C18H18N4OS2. The van der Waals surface area contributed by atoms with Gasteiger partial charge in [-0.2, -0.15) is 11.8 Å². The van der Waals surface area contributed by atoms with E-state index < -0.39 is 0 Å². The Bertz CT molecular complexity index is 793. The second kappa shape index (κ2) is 9.29. The number of carbonyl (C=O) groups excluding carboxylic acids is 1. The molecule has 128 valence electrons. The van der Waals surface area contributed by atoms with Crippen LogP contribution in [0.4, 0.5) is 0 Å². The van der Waals surface area contributed by atoms with E-state index in [4.69, 9.17) is 0 Å². The molecule has 3 rings (SSSR count). The van der Waals surface area contributed by atoms with Gasteiger partial charge in [-0.3, -0.25) is 4.79 Å². The van der Waals surface area contributed by atoms with Crippen molar-refractivity contribution >= 4 is 29.0 Å². The molecular weight excluding hydrogens is 352 g/mol. The lowest BCUT2D eigenvalue weighted by molar-refractivity contribution is -0.120. The normalized spacial score (nSPS) is 10.6. The number of benzene rings is 1. The van der Waals surface area contributed by atoms with Gasteiger partial charge in [-0.15, -0.1) is 11.3 Å². The molecule has 1 N–H and O–H groups in total. The summed E-state index contributed by atoms with van der Waals surface area (Å²) in [7, 11) is 0. The van der Waals surface area contributed by atoms with Gasteiger partial charge in [0.2, 0.25) is 5.91 Å². The molecule has 1 amide bonds. The van der Waals surface area contributed by atoms with E-state index in [-0.39, 0.29) is 12.3 Å². The average molecular weight is 371 g/mol. The summed E-state index contributed by atoms with van der Waals surface area (Å²) in [5.41, 5.74) is 2.05. The minimum atomic E-state index is -0.00820. The topological polar surface area (TPSA) is 67.8 Å². The molecule has 2 aromatic heterocycles. The van der Waals surface area contributed by atoms with E-state index in [9.17, 15) is 4.79 Å². The van der Waals surface area contributed by atoms with Gasteiger partial charge in [-0.1, -0.05) is 30.3 Å². The maximum Gasteiger partial charge on any atom is 0.226 e. The highest BCUT2D eigenvalue weighted by molar-refractivity contribution is 7.98. The van der Waals surface area contributed by atoms with Crippen LogP contribution in [-0.4, -0.2) is 33.2 Å². The Morgan fingerprint density at radius 2 is 1.92 bits per heavy atom. The number of rotatable bonds is 8. The van der Waals surface area contributed by atoms with Crippen molar-refractivity contribution < 1.29 is 4.79 Å². The van der Waals surface area contributed by atoms with Crippen molar-refractivity contribution in [2.45, 2.75) is 12.2 Å². The van der Waals surface area contributed by atoms with Gasteiger partial charge in [0.1, 0.15) is 0 Å². The summed E-state index contributed by atoms with van der Waals surface area (Å²) in [5, 5.41) is 5.56. The molecule has 5 nitrogen and oxygen atoms in total. The zero-order chi connectivity index (χ0) is 17.3. The zero-order valence-corrected chi connectivity index (χ0v) is 15.2. The first-order valence-electron chi connectivity index (χ1n) is 7.91. The lowest BCUT2D eigenvalue weighted by atomic mass is 10.2. The van der Waals surface area contributed by atoms with Crippen molar-refractivity contribution in [3.8, 4) is 10.8 Å². The van der Waals surface area contributed by atoms with Gasteiger partial charge < -0.3 is 5.32 Å². The summed E-state index contributed by atoms with van der Waals surface area (Å²) in [4.78, 5) is 24.8. The van der Waals surface area contributed by atoms with Crippen molar-refractivity contribution in [2.75, 3.05) is 12.3 Å². The number of carbonyl (C=O) groups is 1. The fraction of sp³-hybridized carbons (Fsp3) is 0.222. The van der Waals surface area contributed by atoms with Crippen LogP contribution in [0.5, 0.6) is 0 Å². The van der Waals surface area contributed by atoms with Crippen molar-refractivity contribution in [3.05, 3.63) is 65.4 Å². The summed E-state index contributed by atoms with van der Waals surface area (Å²) < 4.78 is 0. The molecule has 0 fully saturated rings. The van der Waals surface area contributed by atoms with Crippen LogP contribution in [0.3, 0.4) is 0 Å². The highest BCUT2D eigenvalue weighted by Crippen LogP contribution is 2.19. The number of hydrogen-bond acceptors (Lipinski definition) is 6. The SMILES string of the molecule is O=C(Cc1csc(-c2ncccn2)n1)NCCSCc1ccccc1. The van der Waals surface area contributed by atoms with E-state index >= 15 is 0 Å². The number of thioether (sulfide) groups is 1. The van der Waals surface area contributed by atoms with Gasteiger partial charge in [0.15, 0.2) is 10.8 Å². The third kappa shape index (κ3) is 5.65. The van der Waals surface area contributed by atoms with Gasteiger partial charge in [0.25, 0.3) is 0 Å². The van der Waals surface area contributed by atoms with Gasteiger partial charge in [0, 0.05) is 35.8 Å². The molecule has 0 unspecified atom stereocenters. The third-order valence-corrected chi connectivity index (χ3v) is 5.25. The van der Waals surface area contributed by atoms with E-state index in [1.807, 2.05) is 35.3 Å². The van der Waals surface area contributed by atoms with E-state index in [1.165, 1.54) is 16.9 Å². The van der Waals surface area contributed by atoms with E-state index in [1.54, 1.807) is 18.5 Å². The second-order valence-electron chi connectivity index (χ2n) is 5.28. The molecule has 0 saturated heterocycles. The molecule has 0 radical (unpaired) electrons. The standard InChI is InChI=1S/C18H18N4OS2/c23-16(19-9-10-24-12-14-5-2-1-3-6-14)11-15-13-25-18(22-15)17-20-7-4-8-21-17/h1-8,13H,9-12H2,(H,19,23). The average Bonchev–Trinajstić information content (AvgIpc) is 3.11. The molecule has 0 aliphatic carbocycles. The lowest BCUT2D eigenvalue weighted by Gasteiger charge is -2.04. The van der Waals surface area contributed by atoms with Crippen LogP contribution >= 0.6 is 23.1 Å². The monoisotopic (exact) mass is 370 g/mol. The zero-order valence-electron chi connectivity index (χ0n) is 13.6. The van der Waals surface area contributed by atoms with Crippen LogP contribution in [0, 0.1) is 0 Å². The molecule has 0 bridgehead atoms. The van der Waals surface area contributed by atoms with Gasteiger partial charge in [-0.05, 0) is 11.6 Å². The van der Waals surface area contributed by atoms with Crippen LogP contribution in [0.1, 0.15) is 11.3 Å². The van der Waals surface area contributed by atoms with Crippen molar-refractivity contribution in [1.82, 2.24) is 20.3 Å². The first-order valence-corrected chi connectivity index (χ1v) is 9.95. The van der Waals surface area contributed by atoms with E-state index in [2.05, 4.69) is 32.4 Å². The highest BCUT2D eigenvalue weighted by Gasteiger charge is 2.10. The summed E-state index contributed by atoms with van der Waals surface area (Å²) in [6.45, 7) is 0.662. The maximum atomic E-state index is 12.0. The van der Waals surface area contributed by atoms with Crippen LogP contribution < -0.4 is 5.32 Å². The number of nitrogens with one attached hydrogen (secondary N) is 1. The number of hydrogen-bond donors (Lipinski definition) is 1. The van der Waals surface area contributed by atoms with Gasteiger partial charge in [0.05, 0.1) is 12.1 Å². The van der Waals surface area contributed by atoms with E-state index in [0.29, 0.717) is 12.4 Å². The summed E-state index contributed by atoms with van der Waals surface area (Å²) in [6, 6.07) is 12.1. The van der Waals surface area contributed by atoms with E-state index in [0.717, 1.165) is 22.2 Å². The predicted molar refractivity (Wildman–Crippen MR) is 102 cm³/mol. The largest absolute Gasteiger partial charge is 0.355 e. The first-order chi connectivity index (χ1) is 12.3. The van der Waals surface area contributed by atoms with Gasteiger partial charge in [-0.25, -0.2) is 15.0 Å². The summed E-state index contributed by atoms with van der Waals surface area (Å²) in [5.74, 6) is 2.44. The molecule has 0 atom stereocenters. The molecule has 0 aliphatic rings. The molecule has 0 aliphatic heterocycles. The number of nitrogens with zero attached hydrogens (tertiary/aromatic N) is 3. The number of thiazole rings is 1. The Labute approximate surface area is 155 Å². The molecule has 7 heteroatoms. The van der Waals surface area contributed by atoms with Crippen molar-refractivity contribution in [2.24, 2.45) is 0 Å². The Kier molecular flexibility index (Phi) is 6.53. The fourth-order valence-corrected chi connectivity index (χ4v) is 3.74. The smallest absolute Gasteiger partial charge is 0.226 e. The molecule has 1 aromatic carbocycles. The minimum absolute atomic E-state index is 0.00820. The second-order valence-corrected chi connectivity index (χ2v) is 7.24.